The minimum absolute atomic E-state index is 0.0584. The number of nitrogens with one attached hydrogen (secondary N) is 3. The van der Waals surface area contributed by atoms with Gasteiger partial charge in [-0.2, -0.15) is 5.10 Å². The molecule has 0 unspecified atom stereocenters. The van der Waals surface area contributed by atoms with Gasteiger partial charge in [0.05, 0.1) is 12.2 Å². The Bertz CT molecular complexity index is 980. The van der Waals surface area contributed by atoms with Gasteiger partial charge in [0.2, 0.25) is 0 Å². The van der Waals surface area contributed by atoms with Gasteiger partial charge in [-0.1, -0.05) is 24.3 Å². The monoisotopic (exact) mass is 418 g/mol. The van der Waals surface area contributed by atoms with Gasteiger partial charge in [-0.05, 0) is 61.7 Å². The molecular weight excluding hydrogens is 388 g/mol. The number of nitrogens with zero attached hydrogens (tertiary/aromatic N) is 3. The molecule has 7 heteroatoms. The first-order valence-electron chi connectivity index (χ1n) is 10.7. The highest BCUT2D eigenvalue weighted by Gasteiger charge is 2.05. The molecule has 0 aliphatic heterocycles. The number of hydrogen-bond acceptors (Lipinski definition) is 3. The largest absolute Gasteiger partial charge is 0.357 e. The fourth-order valence-corrected chi connectivity index (χ4v) is 3.15. The first-order chi connectivity index (χ1) is 15.2. The van der Waals surface area contributed by atoms with Gasteiger partial charge >= 0.3 is 0 Å². The Labute approximate surface area is 183 Å². The molecule has 1 amide bonds. The smallest absolute Gasteiger partial charge is 0.251 e. The van der Waals surface area contributed by atoms with E-state index in [0.29, 0.717) is 18.7 Å². The summed E-state index contributed by atoms with van der Waals surface area (Å²) in [5.74, 6) is 0.705. The van der Waals surface area contributed by atoms with Crippen LogP contribution in [0.4, 0.5) is 0 Å². The van der Waals surface area contributed by atoms with Crippen molar-refractivity contribution in [2.24, 2.45) is 4.99 Å². The third-order valence-corrected chi connectivity index (χ3v) is 4.70. The molecule has 3 aromatic rings. The molecule has 3 rings (SSSR count). The van der Waals surface area contributed by atoms with Crippen LogP contribution in [0.15, 0.2) is 72.0 Å². The van der Waals surface area contributed by atoms with Gasteiger partial charge in [0.15, 0.2) is 5.96 Å². The summed E-state index contributed by atoms with van der Waals surface area (Å²) < 4.78 is 1.85. The van der Waals surface area contributed by atoms with E-state index in [4.69, 9.17) is 0 Å². The molecule has 3 N–H and O–H groups in total. The molecule has 0 fully saturated rings. The minimum atomic E-state index is -0.0584. The molecule has 0 atom stereocenters. The number of aromatic nitrogens is 2. The molecule has 0 bridgehead atoms. The summed E-state index contributed by atoms with van der Waals surface area (Å²) in [5.41, 5.74) is 3.95. The van der Waals surface area contributed by atoms with Crippen molar-refractivity contribution in [2.75, 3.05) is 19.6 Å². The number of rotatable bonds is 9. The fourth-order valence-electron chi connectivity index (χ4n) is 3.15. The molecule has 2 aromatic carbocycles. The van der Waals surface area contributed by atoms with Crippen molar-refractivity contribution < 1.29 is 4.79 Å². The van der Waals surface area contributed by atoms with Crippen molar-refractivity contribution in [3.05, 3.63) is 83.7 Å². The van der Waals surface area contributed by atoms with E-state index in [-0.39, 0.29) is 5.91 Å². The van der Waals surface area contributed by atoms with Gasteiger partial charge in [0.1, 0.15) is 0 Å². The van der Waals surface area contributed by atoms with Crippen molar-refractivity contribution in [2.45, 2.75) is 26.8 Å². The first-order valence-corrected chi connectivity index (χ1v) is 10.7. The zero-order chi connectivity index (χ0) is 21.9. The Morgan fingerprint density at radius 2 is 1.77 bits per heavy atom. The van der Waals surface area contributed by atoms with E-state index >= 15 is 0 Å². The van der Waals surface area contributed by atoms with Crippen LogP contribution in [-0.2, 0) is 13.0 Å². The number of benzene rings is 2. The molecule has 0 aliphatic rings. The maximum Gasteiger partial charge on any atom is 0.251 e. The van der Waals surface area contributed by atoms with Gasteiger partial charge < -0.3 is 16.0 Å². The maximum atomic E-state index is 12.0. The SMILES string of the molecule is CCNC(=O)c1cccc(CN=C(NCC)NCCc2ccc(-n3cccn3)cc2)c1. The third-order valence-electron chi connectivity index (χ3n) is 4.70. The fraction of sp³-hybridized carbons (Fsp3) is 0.292. The van der Waals surface area contributed by atoms with Crippen LogP contribution in [0.25, 0.3) is 5.69 Å². The Balaban J connectivity index is 1.54. The highest BCUT2D eigenvalue weighted by Crippen LogP contribution is 2.09. The van der Waals surface area contributed by atoms with E-state index in [9.17, 15) is 4.79 Å². The Kier molecular flexibility index (Phi) is 8.22. The van der Waals surface area contributed by atoms with Gasteiger partial charge in [-0.3, -0.25) is 4.79 Å². The van der Waals surface area contributed by atoms with Gasteiger partial charge in [0.25, 0.3) is 5.91 Å². The summed E-state index contributed by atoms with van der Waals surface area (Å²) in [4.78, 5) is 16.7. The van der Waals surface area contributed by atoms with Gasteiger partial charge in [0, 0.05) is 37.6 Å². The number of aliphatic imine (C=N–C) groups is 1. The van der Waals surface area contributed by atoms with Crippen LogP contribution in [0, 0.1) is 0 Å². The Hall–Kier alpha value is -3.61. The number of carbonyl (C=O) groups excluding carboxylic acids is 1. The highest BCUT2D eigenvalue weighted by molar-refractivity contribution is 5.94. The van der Waals surface area contributed by atoms with Crippen LogP contribution in [0.1, 0.15) is 35.3 Å². The summed E-state index contributed by atoms with van der Waals surface area (Å²) in [6.07, 6.45) is 4.59. The lowest BCUT2D eigenvalue weighted by Crippen LogP contribution is -2.38. The van der Waals surface area contributed by atoms with Crippen molar-refractivity contribution >= 4 is 11.9 Å². The van der Waals surface area contributed by atoms with Crippen LogP contribution in [0.5, 0.6) is 0 Å². The number of carbonyl (C=O) groups is 1. The lowest BCUT2D eigenvalue weighted by Gasteiger charge is -2.12. The molecule has 31 heavy (non-hydrogen) atoms. The summed E-state index contributed by atoms with van der Waals surface area (Å²) >= 11 is 0. The standard InChI is InChI=1S/C24H30N6O/c1-3-25-23(31)21-8-5-7-20(17-21)18-28-24(26-4-2)27-15-13-19-9-11-22(12-10-19)30-16-6-14-29-30/h5-12,14,16-17H,3-4,13,15,18H2,1-2H3,(H,25,31)(H2,26,27,28). The lowest BCUT2D eigenvalue weighted by atomic mass is 10.1. The molecule has 0 aliphatic carbocycles. The van der Waals surface area contributed by atoms with Crippen molar-refractivity contribution in [1.82, 2.24) is 25.7 Å². The number of guanidine groups is 1. The molecule has 0 spiro atoms. The Morgan fingerprint density at radius 1 is 0.968 bits per heavy atom. The summed E-state index contributed by atoms with van der Waals surface area (Å²) in [5, 5.41) is 13.7. The highest BCUT2D eigenvalue weighted by atomic mass is 16.1. The van der Waals surface area contributed by atoms with E-state index < -0.39 is 0 Å². The Morgan fingerprint density at radius 3 is 2.48 bits per heavy atom. The molecule has 1 aromatic heterocycles. The summed E-state index contributed by atoms with van der Waals surface area (Å²) in [6.45, 7) is 6.62. The van der Waals surface area contributed by atoms with Crippen LogP contribution >= 0.6 is 0 Å². The van der Waals surface area contributed by atoms with E-state index in [0.717, 1.165) is 36.7 Å². The molecule has 7 nitrogen and oxygen atoms in total. The summed E-state index contributed by atoms with van der Waals surface area (Å²) in [7, 11) is 0. The zero-order valence-electron chi connectivity index (χ0n) is 18.1. The molecule has 0 saturated carbocycles. The van der Waals surface area contributed by atoms with Crippen LogP contribution < -0.4 is 16.0 Å². The normalized spacial score (nSPS) is 11.2. The van der Waals surface area contributed by atoms with Crippen LogP contribution in [0.2, 0.25) is 0 Å². The number of hydrogen-bond donors (Lipinski definition) is 3. The minimum Gasteiger partial charge on any atom is -0.357 e. The lowest BCUT2D eigenvalue weighted by molar-refractivity contribution is 0.0955. The second-order valence-corrected chi connectivity index (χ2v) is 7.05. The van der Waals surface area contributed by atoms with E-state index in [1.807, 2.05) is 55.1 Å². The van der Waals surface area contributed by atoms with E-state index in [2.05, 4.69) is 50.3 Å². The van der Waals surface area contributed by atoms with Crippen LogP contribution in [-0.4, -0.2) is 41.3 Å². The molecule has 0 radical (unpaired) electrons. The molecule has 1 heterocycles. The predicted octanol–water partition coefficient (Wildman–Crippen LogP) is 2.92. The average Bonchev–Trinajstić information content (AvgIpc) is 3.33. The van der Waals surface area contributed by atoms with Gasteiger partial charge in [-0.15, -0.1) is 0 Å². The van der Waals surface area contributed by atoms with Gasteiger partial charge in [-0.25, -0.2) is 9.67 Å². The molecular formula is C24H30N6O. The van der Waals surface area contributed by atoms with Crippen molar-refractivity contribution in [1.29, 1.82) is 0 Å². The molecule has 0 saturated heterocycles. The topological polar surface area (TPSA) is 83.3 Å². The number of amides is 1. The predicted molar refractivity (Wildman–Crippen MR) is 125 cm³/mol. The first kappa shape index (κ1) is 22.1. The second-order valence-electron chi connectivity index (χ2n) is 7.05. The summed E-state index contributed by atoms with van der Waals surface area (Å²) in [6, 6.07) is 17.9. The third kappa shape index (κ3) is 6.70. The quantitative estimate of drug-likeness (QED) is 0.369. The molecule has 162 valence electrons. The van der Waals surface area contributed by atoms with Crippen molar-refractivity contribution in [3.63, 3.8) is 0 Å². The van der Waals surface area contributed by atoms with E-state index in [1.165, 1.54) is 5.56 Å². The van der Waals surface area contributed by atoms with Crippen LogP contribution in [0.3, 0.4) is 0 Å². The van der Waals surface area contributed by atoms with Crippen molar-refractivity contribution in [3.8, 4) is 5.69 Å². The second kappa shape index (κ2) is 11.5. The average molecular weight is 419 g/mol. The van der Waals surface area contributed by atoms with E-state index in [1.54, 1.807) is 6.20 Å². The maximum absolute atomic E-state index is 12.0. The zero-order valence-corrected chi connectivity index (χ0v) is 18.1.